The van der Waals surface area contributed by atoms with Gasteiger partial charge in [0.25, 0.3) is 0 Å². The van der Waals surface area contributed by atoms with Crippen LogP contribution in [0.1, 0.15) is 31.7 Å². The van der Waals surface area contributed by atoms with E-state index in [9.17, 15) is 24.8 Å². The Hall–Kier alpha value is -2.91. The summed E-state index contributed by atoms with van der Waals surface area (Å²) in [5.41, 5.74) is 3.92. The molecule has 37 heavy (non-hydrogen) atoms. The Bertz CT molecular complexity index is 1280. The second-order valence-corrected chi connectivity index (χ2v) is 10.5. The summed E-state index contributed by atoms with van der Waals surface area (Å²) < 4.78 is 5.94. The van der Waals surface area contributed by atoms with Crippen LogP contribution < -0.4 is 4.90 Å². The Morgan fingerprint density at radius 2 is 1.92 bits per heavy atom. The van der Waals surface area contributed by atoms with Crippen LogP contribution in [0.15, 0.2) is 65.3 Å². The van der Waals surface area contributed by atoms with Crippen molar-refractivity contribution in [2.24, 2.45) is 17.8 Å². The van der Waals surface area contributed by atoms with E-state index < -0.39 is 25.1 Å². The van der Waals surface area contributed by atoms with Crippen molar-refractivity contribution in [1.29, 1.82) is 0 Å². The number of amides is 2. The van der Waals surface area contributed by atoms with Gasteiger partial charge in [-0.3, -0.25) is 14.5 Å². The minimum atomic E-state index is -1.07. The molecule has 0 saturated carbocycles. The number of hydrogen-bond acceptors (Lipinski definition) is 6. The number of halogens is 1. The van der Waals surface area contributed by atoms with Gasteiger partial charge in [0.15, 0.2) is 0 Å². The van der Waals surface area contributed by atoms with Gasteiger partial charge in [0.05, 0.1) is 35.3 Å². The van der Waals surface area contributed by atoms with Crippen molar-refractivity contribution in [3.8, 4) is 5.75 Å². The van der Waals surface area contributed by atoms with E-state index in [1.54, 1.807) is 36.4 Å². The second-order valence-electron chi connectivity index (χ2n) is 10.1. The minimum Gasteiger partial charge on any atom is -0.508 e. The Balaban J connectivity index is 1.41. The smallest absolute Gasteiger partial charge is 0.455 e. The zero-order valence-corrected chi connectivity index (χ0v) is 21.3. The van der Waals surface area contributed by atoms with E-state index in [0.717, 1.165) is 22.3 Å². The van der Waals surface area contributed by atoms with Crippen LogP contribution >= 0.6 is 11.6 Å². The maximum Gasteiger partial charge on any atom is 0.455 e. The molecule has 7 nitrogen and oxygen atoms in total. The molecule has 2 aromatic carbocycles. The molecule has 5 rings (SSSR count). The van der Waals surface area contributed by atoms with E-state index in [4.69, 9.17) is 16.3 Å². The van der Waals surface area contributed by atoms with Gasteiger partial charge >= 0.3 is 7.12 Å². The molecule has 2 saturated heterocycles. The molecule has 2 aromatic rings. The first-order valence-corrected chi connectivity index (χ1v) is 12.9. The van der Waals surface area contributed by atoms with Crippen LogP contribution in [0.2, 0.25) is 11.3 Å². The number of fused-ring (bicyclic) bond motifs is 3. The zero-order valence-electron chi connectivity index (χ0n) is 20.5. The first-order chi connectivity index (χ1) is 17.8. The summed E-state index contributed by atoms with van der Waals surface area (Å²) in [4.78, 5) is 28.2. The Kier molecular flexibility index (Phi) is 7.27. The fourth-order valence-electron chi connectivity index (χ4n) is 6.07. The van der Waals surface area contributed by atoms with Crippen LogP contribution in [0.25, 0.3) is 6.08 Å². The van der Waals surface area contributed by atoms with Crippen LogP contribution in [-0.2, 0) is 14.2 Å². The number of anilines is 1. The van der Waals surface area contributed by atoms with Crippen LogP contribution in [0, 0.1) is 17.8 Å². The van der Waals surface area contributed by atoms with Gasteiger partial charge in [0.1, 0.15) is 5.75 Å². The number of hydrogen-bond donors (Lipinski definition) is 3. The molecule has 0 bridgehead atoms. The third-order valence-electron chi connectivity index (χ3n) is 7.70. The van der Waals surface area contributed by atoms with Gasteiger partial charge < -0.3 is 19.9 Å². The van der Waals surface area contributed by atoms with E-state index in [1.165, 1.54) is 11.0 Å². The lowest BCUT2D eigenvalue weighted by atomic mass is 9.58. The Morgan fingerprint density at radius 3 is 2.62 bits per heavy atom. The Morgan fingerprint density at radius 1 is 1.16 bits per heavy atom. The molecule has 192 valence electrons. The molecule has 2 amide bonds. The van der Waals surface area contributed by atoms with E-state index in [2.05, 4.69) is 0 Å². The minimum absolute atomic E-state index is 0.0975. The zero-order chi connectivity index (χ0) is 26.3. The van der Waals surface area contributed by atoms with Crippen LogP contribution in [0.5, 0.6) is 5.75 Å². The topological polar surface area (TPSA) is 107 Å². The van der Waals surface area contributed by atoms with Crippen LogP contribution in [0.4, 0.5) is 5.69 Å². The van der Waals surface area contributed by atoms with Crippen molar-refractivity contribution in [2.45, 2.75) is 38.6 Å². The first kappa shape index (κ1) is 25.7. The number of aliphatic hydroxyl groups excluding tert-OH is 1. The maximum atomic E-state index is 13.6. The molecule has 2 aliphatic heterocycles. The number of rotatable bonds is 6. The third-order valence-corrected chi connectivity index (χ3v) is 8.03. The summed E-state index contributed by atoms with van der Waals surface area (Å²) in [5, 5.41) is 30.9. The molecule has 0 radical (unpaired) electrons. The monoisotopic (exact) mass is 521 g/mol. The van der Waals surface area contributed by atoms with Gasteiger partial charge in [-0.05, 0) is 85.5 Å². The molecular formula is C28H29BClNO6. The summed E-state index contributed by atoms with van der Waals surface area (Å²) in [7, 11) is -1.07. The molecule has 2 heterocycles. The number of imide groups is 1. The number of allylic oxidation sites excluding steroid dienone is 1. The average Bonchev–Trinajstić information content (AvgIpc) is 3.13. The van der Waals surface area contributed by atoms with Gasteiger partial charge in [-0.2, -0.15) is 0 Å². The van der Waals surface area contributed by atoms with Crippen molar-refractivity contribution in [3.63, 3.8) is 0 Å². The Labute approximate surface area is 221 Å². The molecule has 1 aliphatic carbocycles. The number of para-hydroxylation sites is 1. The molecule has 3 aliphatic rings. The fourth-order valence-corrected chi connectivity index (χ4v) is 6.30. The molecular weight excluding hydrogens is 493 g/mol. The summed E-state index contributed by atoms with van der Waals surface area (Å²) in [6.45, 7) is 1.74. The fraction of sp³-hybridized carbons (Fsp3) is 0.357. The number of phenols is 1. The van der Waals surface area contributed by atoms with Crippen molar-refractivity contribution < 1.29 is 29.5 Å². The number of phenolic OH excluding ortho intramolecular Hbond substituents is 1. The molecule has 9 heteroatoms. The van der Waals surface area contributed by atoms with Gasteiger partial charge in [0.2, 0.25) is 11.8 Å². The maximum absolute atomic E-state index is 13.6. The standard InChI is InChI=1S/C28H29BClNO6/c1-16(11-17-8-9-20(33)13-23(17)30)7-10-24-25-18(15-32)12-21-26(22(25)14-29(36)37-24)28(35)31(27(21)34)19-5-3-2-4-6-19/h2-6,8-9,11,13,21-22,24,26,32-33,36H,7,10,12,14-15H2,1H3/b16-11+/t21-,22+,24-,26-/m1/s1. The van der Waals surface area contributed by atoms with Crippen molar-refractivity contribution in [3.05, 3.63) is 75.8 Å². The predicted octanol–water partition coefficient (Wildman–Crippen LogP) is 4.22. The average molecular weight is 522 g/mol. The highest BCUT2D eigenvalue weighted by molar-refractivity contribution is 6.43. The molecule has 0 unspecified atom stereocenters. The molecule has 3 N–H and O–H groups in total. The summed E-state index contributed by atoms with van der Waals surface area (Å²) in [6.07, 6.45) is 3.12. The number of aromatic hydroxyl groups is 1. The number of carbonyl (C=O) groups excluding carboxylic acids is 2. The molecule has 0 aromatic heterocycles. The van der Waals surface area contributed by atoms with E-state index >= 15 is 0 Å². The third kappa shape index (κ3) is 4.87. The van der Waals surface area contributed by atoms with E-state index in [0.29, 0.717) is 30.0 Å². The van der Waals surface area contributed by atoms with Crippen molar-refractivity contribution in [1.82, 2.24) is 0 Å². The summed E-state index contributed by atoms with van der Waals surface area (Å²) in [5.74, 6) is -1.95. The highest BCUT2D eigenvalue weighted by Crippen LogP contribution is 2.51. The highest BCUT2D eigenvalue weighted by atomic mass is 35.5. The highest BCUT2D eigenvalue weighted by Gasteiger charge is 2.57. The predicted molar refractivity (Wildman–Crippen MR) is 142 cm³/mol. The molecule has 4 atom stereocenters. The number of aliphatic hydroxyl groups is 1. The van der Waals surface area contributed by atoms with Crippen molar-refractivity contribution in [2.75, 3.05) is 11.5 Å². The lowest BCUT2D eigenvalue weighted by Gasteiger charge is -2.42. The second kappa shape index (κ2) is 10.5. The lowest BCUT2D eigenvalue weighted by molar-refractivity contribution is -0.122. The van der Waals surface area contributed by atoms with E-state index in [1.807, 2.05) is 19.1 Å². The van der Waals surface area contributed by atoms with Gasteiger partial charge in [-0.25, -0.2) is 0 Å². The number of benzene rings is 2. The molecule has 0 spiro atoms. The number of nitrogens with zero attached hydrogens (tertiary/aromatic N) is 1. The first-order valence-electron chi connectivity index (χ1n) is 12.5. The quantitative estimate of drug-likeness (QED) is 0.298. The SMILES string of the molecule is C/C(=C\c1ccc(O)cc1Cl)CC[C@H]1OB(O)C[C@H]2C1=C(CO)C[C@H]1C(=O)N(c3ccccc3)C(=O)[C@H]12. The van der Waals surface area contributed by atoms with Crippen LogP contribution in [-0.4, -0.2) is 46.9 Å². The summed E-state index contributed by atoms with van der Waals surface area (Å²) >= 11 is 6.24. The van der Waals surface area contributed by atoms with Gasteiger partial charge in [0, 0.05) is 0 Å². The van der Waals surface area contributed by atoms with Crippen molar-refractivity contribution >= 4 is 42.3 Å². The normalized spacial score (nSPS) is 26.0. The lowest BCUT2D eigenvalue weighted by Crippen LogP contribution is -2.46. The van der Waals surface area contributed by atoms with Crippen LogP contribution in [0.3, 0.4) is 0 Å². The number of carbonyl (C=O) groups is 2. The van der Waals surface area contributed by atoms with Gasteiger partial charge in [-0.15, -0.1) is 0 Å². The largest absolute Gasteiger partial charge is 0.508 e. The van der Waals surface area contributed by atoms with Gasteiger partial charge in [-0.1, -0.05) is 41.4 Å². The molecule has 2 fully saturated rings. The summed E-state index contributed by atoms with van der Waals surface area (Å²) in [6, 6.07) is 13.7. The van der Waals surface area contributed by atoms with E-state index in [-0.39, 0.29) is 36.4 Å².